The van der Waals surface area contributed by atoms with Gasteiger partial charge in [-0.2, -0.15) is 0 Å². The summed E-state index contributed by atoms with van der Waals surface area (Å²) in [6.45, 7) is 7.19. The van der Waals surface area contributed by atoms with Gasteiger partial charge in [0.05, 0.1) is 5.56 Å². The number of nitrogens with zero attached hydrogens (tertiary/aromatic N) is 4. The highest BCUT2D eigenvalue weighted by atomic mass is 127. The monoisotopic (exact) mass is 466 g/mol. The molecule has 1 amide bonds. The zero-order chi connectivity index (χ0) is 18.4. The minimum absolute atomic E-state index is 0.00185. The molecular weight excluding hydrogens is 446 g/mol. The van der Waals surface area contributed by atoms with Crippen LogP contribution in [-0.2, 0) is 0 Å². The fraction of sp³-hybridized carbons (Fsp3) is 0.421. The van der Waals surface area contributed by atoms with Crippen LogP contribution < -0.4 is 4.90 Å². The molecule has 136 valence electrons. The molecule has 1 aromatic heterocycles. The number of carbonyl (C=O) groups excluding carboxylic acids is 1. The van der Waals surface area contributed by atoms with Crippen LogP contribution in [0, 0.1) is 35.1 Å². The molecule has 2 atom stereocenters. The minimum Gasteiger partial charge on any atom is -0.340 e. The van der Waals surface area contributed by atoms with Gasteiger partial charge in [-0.15, -0.1) is 0 Å². The van der Waals surface area contributed by atoms with Crippen molar-refractivity contribution in [3.8, 4) is 0 Å². The lowest BCUT2D eigenvalue weighted by atomic mass is 10.0. The van der Waals surface area contributed by atoms with Crippen LogP contribution in [0.5, 0.6) is 0 Å². The van der Waals surface area contributed by atoms with Gasteiger partial charge in [0.15, 0.2) is 0 Å². The quantitative estimate of drug-likeness (QED) is 0.639. The summed E-state index contributed by atoms with van der Waals surface area (Å²) in [6, 6.07) is 6.32. The molecule has 2 aliphatic rings. The zero-order valence-electron chi connectivity index (χ0n) is 14.7. The summed E-state index contributed by atoms with van der Waals surface area (Å²) in [4.78, 5) is 26.1. The van der Waals surface area contributed by atoms with Crippen LogP contribution >= 0.6 is 22.6 Å². The topological polar surface area (TPSA) is 49.3 Å². The number of likely N-dealkylation sites (tertiary alicyclic amines) is 1. The van der Waals surface area contributed by atoms with E-state index < -0.39 is 0 Å². The fourth-order valence-corrected chi connectivity index (χ4v) is 4.71. The highest BCUT2D eigenvalue weighted by Crippen LogP contribution is 2.34. The molecule has 3 heterocycles. The Morgan fingerprint density at radius 1 is 1.08 bits per heavy atom. The van der Waals surface area contributed by atoms with Gasteiger partial charge in [0.2, 0.25) is 5.95 Å². The molecule has 0 N–H and O–H groups in total. The number of halogens is 2. The highest BCUT2D eigenvalue weighted by Gasteiger charge is 2.42. The first-order valence-electron chi connectivity index (χ1n) is 8.72. The second kappa shape index (κ2) is 6.75. The molecular formula is C19H20FIN4O. The molecule has 2 saturated heterocycles. The molecule has 2 aliphatic heterocycles. The average molecular weight is 466 g/mol. The van der Waals surface area contributed by atoms with Crippen LogP contribution in [-0.4, -0.2) is 47.0 Å². The predicted octanol–water partition coefficient (Wildman–Crippen LogP) is 3.05. The Kier molecular flexibility index (Phi) is 4.58. The third-order valence-corrected chi connectivity index (χ3v) is 6.08. The number of fused-ring (bicyclic) bond motifs is 1. The molecule has 0 bridgehead atoms. The number of rotatable bonds is 2. The first-order chi connectivity index (χ1) is 12.4. The molecule has 2 aromatic rings. The molecule has 2 fully saturated rings. The van der Waals surface area contributed by atoms with E-state index in [1.165, 1.54) is 12.1 Å². The number of anilines is 1. The third kappa shape index (κ3) is 3.28. The Morgan fingerprint density at radius 2 is 1.69 bits per heavy atom. The van der Waals surface area contributed by atoms with Gasteiger partial charge in [0, 0.05) is 53.0 Å². The summed E-state index contributed by atoms with van der Waals surface area (Å²) in [7, 11) is 0. The van der Waals surface area contributed by atoms with Crippen molar-refractivity contribution in [1.82, 2.24) is 14.9 Å². The molecule has 26 heavy (non-hydrogen) atoms. The van der Waals surface area contributed by atoms with Crippen LogP contribution in [0.1, 0.15) is 21.7 Å². The Morgan fingerprint density at radius 3 is 2.27 bits per heavy atom. The van der Waals surface area contributed by atoms with Crippen LogP contribution in [0.2, 0.25) is 0 Å². The van der Waals surface area contributed by atoms with E-state index >= 15 is 0 Å². The van der Waals surface area contributed by atoms with Gasteiger partial charge in [-0.1, -0.05) is 0 Å². The normalized spacial score (nSPS) is 22.0. The second-order valence-electron chi connectivity index (χ2n) is 7.21. The van der Waals surface area contributed by atoms with Gasteiger partial charge in [0.1, 0.15) is 5.82 Å². The second-order valence-corrected chi connectivity index (χ2v) is 8.37. The van der Waals surface area contributed by atoms with Gasteiger partial charge in [-0.25, -0.2) is 14.4 Å². The summed E-state index contributed by atoms with van der Waals surface area (Å²) in [5, 5.41) is 0. The van der Waals surface area contributed by atoms with Crippen molar-refractivity contribution in [1.29, 1.82) is 0 Å². The van der Waals surface area contributed by atoms with Crippen molar-refractivity contribution in [3.05, 3.63) is 50.6 Å². The van der Waals surface area contributed by atoms with Gasteiger partial charge in [-0.3, -0.25) is 4.79 Å². The van der Waals surface area contributed by atoms with E-state index in [9.17, 15) is 9.18 Å². The summed E-state index contributed by atoms with van der Waals surface area (Å²) >= 11 is 2.03. The van der Waals surface area contributed by atoms with E-state index in [1.54, 1.807) is 6.07 Å². The van der Waals surface area contributed by atoms with Crippen molar-refractivity contribution in [3.63, 3.8) is 0 Å². The number of amides is 1. The van der Waals surface area contributed by atoms with Crippen molar-refractivity contribution in [2.45, 2.75) is 13.8 Å². The fourth-order valence-electron chi connectivity index (χ4n) is 4.00. The molecule has 0 aliphatic carbocycles. The molecule has 0 radical (unpaired) electrons. The van der Waals surface area contributed by atoms with Crippen LogP contribution in [0.4, 0.5) is 10.3 Å². The van der Waals surface area contributed by atoms with E-state index in [1.807, 2.05) is 47.4 Å². The molecule has 4 rings (SSSR count). The Balaban J connectivity index is 1.45. The number of hydrogen-bond acceptors (Lipinski definition) is 4. The van der Waals surface area contributed by atoms with E-state index in [2.05, 4.69) is 14.9 Å². The van der Waals surface area contributed by atoms with Crippen molar-refractivity contribution in [2.24, 2.45) is 11.8 Å². The predicted molar refractivity (Wildman–Crippen MR) is 106 cm³/mol. The number of aryl methyl sites for hydroxylation is 2. The molecule has 0 spiro atoms. The van der Waals surface area contributed by atoms with Gasteiger partial charge < -0.3 is 9.80 Å². The van der Waals surface area contributed by atoms with Crippen molar-refractivity contribution >= 4 is 34.4 Å². The number of hydrogen-bond donors (Lipinski definition) is 0. The maximum atomic E-state index is 13.3. The zero-order valence-corrected chi connectivity index (χ0v) is 16.9. The molecule has 0 saturated carbocycles. The lowest BCUT2D eigenvalue weighted by Gasteiger charge is -2.22. The van der Waals surface area contributed by atoms with Crippen molar-refractivity contribution in [2.75, 3.05) is 31.1 Å². The van der Waals surface area contributed by atoms with E-state index in [0.29, 0.717) is 21.0 Å². The summed E-state index contributed by atoms with van der Waals surface area (Å²) in [5.41, 5.74) is 2.54. The molecule has 1 aromatic carbocycles. The smallest absolute Gasteiger partial charge is 0.254 e. The van der Waals surface area contributed by atoms with E-state index in [-0.39, 0.29) is 11.7 Å². The largest absolute Gasteiger partial charge is 0.340 e. The number of carbonyl (C=O) groups is 1. The standard InChI is InChI=1S/C19H20FIN4O/c1-11-5-12(2)23-19(22-11)25-9-13-7-24(8-14(13)10-25)18(26)16-4-3-15(20)6-17(16)21/h3-6,13-14H,7-10H2,1-2H3. The Bertz CT molecular complexity index is 840. The van der Waals surface area contributed by atoms with E-state index in [4.69, 9.17) is 0 Å². The Hall–Kier alpha value is -1.77. The third-order valence-electron chi connectivity index (χ3n) is 5.19. The van der Waals surface area contributed by atoms with Gasteiger partial charge >= 0.3 is 0 Å². The van der Waals surface area contributed by atoms with Crippen LogP contribution in [0.25, 0.3) is 0 Å². The summed E-state index contributed by atoms with van der Waals surface area (Å²) in [6.07, 6.45) is 0. The van der Waals surface area contributed by atoms with Crippen LogP contribution in [0.15, 0.2) is 24.3 Å². The summed E-state index contributed by atoms with van der Waals surface area (Å²) in [5.74, 6) is 1.34. The van der Waals surface area contributed by atoms with E-state index in [0.717, 1.165) is 43.5 Å². The molecule has 2 unspecified atom stereocenters. The Labute approximate surface area is 165 Å². The maximum absolute atomic E-state index is 13.3. The average Bonchev–Trinajstić information content (AvgIpc) is 3.12. The highest BCUT2D eigenvalue weighted by molar-refractivity contribution is 14.1. The first kappa shape index (κ1) is 17.6. The SMILES string of the molecule is Cc1cc(C)nc(N2CC3CN(C(=O)c4ccc(F)cc4I)CC3C2)n1. The van der Waals surface area contributed by atoms with Gasteiger partial charge in [-0.05, 0) is 60.7 Å². The first-order valence-corrected chi connectivity index (χ1v) is 9.80. The lowest BCUT2D eigenvalue weighted by molar-refractivity contribution is 0.0781. The lowest BCUT2D eigenvalue weighted by Crippen LogP contribution is -2.34. The van der Waals surface area contributed by atoms with Gasteiger partial charge in [0.25, 0.3) is 5.91 Å². The number of benzene rings is 1. The molecule has 7 heteroatoms. The van der Waals surface area contributed by atoms with Crippen molar-refractivity contribution < 1.29 is 9.18 Å². The number of aromatic nitrogens is 2. The maximum Gasteiger partial charge on any atom is 0.254 e. The molecule has 5 nitrogen and oxygen atoms in total. The minimum atomic E-state index is -0.312. The van der Waals surface area contributed by atoms with Crippen LogP contribution in [0.3, 0.4) is 0 Å². The summed E-state index contributed by atoms with van der Waals surface area (Å²) < 4.78 is 14.0.